The fraction of sp³-hybridized carbons (Fsp3) is 0.100. The van der Waals surface area contributed by atoms with E-state index in [1.165, 1.54) is 9.13 Å². The molecule has 0 aliphatic rings. The zero-order valence-electron chi connectivity index (χ0n) is 7.95. The molecule has 5 heteroatoms. The van der Waals surface area contributed by atoms with Crippen LogP contribution >= 0.6 is 27.5 Å². The van der Waals surface area contributed by atoms with E-state index in [1.54, 1.807) is 31.6 Å². The number of hydrogen-bond acceptors (Lipinski definition) is 1. The Morgan fingerprint density at radius 2 is 2.07 bits per heavy atom. The van der Waals surface area contributed by atoms with Crippen molar-refractivity contribution in [3.05, 3.63) is 50.6 Å². The molecule has 0 aliphatic carbocycles. The zero-order valence-corrected chi connectivity index (χ0v) is 10.3. The summed E-state index contributed by atoms with van der Waals surface area (Å²) in [6.45, 7) is 0. The molecule has 78 valence electrons. The van der Waals surface area contributed by atoms with E-state index in [0.717, 1.165) is 4.47 Å². The lowest BCUT2D eigenvalue weighted by Gasteiger charge is -2.04. The number of benzene rings is 1. The van der Waals surface area contributed by atoms with Gasteiger partial charge in [0.1, 0.15) is 0 Å². The third-order valence-electron chi connectivity index (χ3n) is 2.12. The van der Waals surface area contributed by atoms with Crippen molar-refractivity contribution in [2.24, 2.45) is 7.05 Å². The van der Waals surface area contributed by atoms with Crippen LogP contribution in [0.3, 0.4) is 0 Å². The molecule has 0 fully saturated rings. The van der Waals surface area contributed by atoms with Gasteiger partial charge in [-0.1, -0.05) is 27.5 Å². The largest absolute Gasteiger partial charge is 0.332 e. The van der Waals surface area contributed by atoms with Crippen LogP contribution in [0, 0.1) is 0 Å². The van der Waals surface area contributed by atoms with E-state index in [4.69, 9.17) is 11.6 Å². The predicted molar refractivity (Wildman–Crippen MR) is 63.7 cm³/mol. The van der Waals surface area contributed by atoms with Crippen molar-refractivity contribution in [1.82, 2.24) is 9.13 Å². The van der Waals surface area contributed by atoms with Crippen molar-refractivity contribution in [2.75, 3.05) is 0 Å². The van der Waals surface area contributed by atoms with Crippen LogP contribution in [-0.2, 0) is 7.05 Å². The number of aromatic nitrogens is 2. The van der Waals surface area contributed by atoms with Gasteiger partial charge in [0, 0.05) is 23.9 Å². The third-order valence-corrected chi connectivity index (χ3v) is 2.91. The highest BCUT2D eigenvalue weighted by molar-refractivity contribution is 9.10. The van der Waals surface area contributed by atoms with Crippen molar-refractivity contribution in [3.8, 4) is 5.69 Å². The van der Waals surface area contributed by atoms with E-state index in [2.05, 4.69) is 15.9 Å². The molecule has 2 aromatic rings. The maximum absolute atomic E-state index is 11.7. The summed E-state index contributed by atoms with van der Waals surface area (Å²) in [6.07, 6.45) is 3.39. The average Bonchev–Trinajstić information content (AvgIpc) is 2.49. The first-order valence-corrected chi connectivity index (χ1v) is 5.46. The van der Waals surface area contributed by atoms with Gasteiger partial charge in [0.15, 0.2) is 0 Å². The van der Waals surface area contributed by atoms with E-state index < -0.39 is 0 Å². The van der Waals surface area contributed by atoms with Crippen LogP contribution in [0.4, 0.5) is 0 Å². The van der Waals surface area contributed by atoms with Crippen molar-refractivity contribution in [3.63, 3.8) is 0 Å². The van der Waals surface area contributed by atoms with E-state index in [0.29, 0.717) is 10.7 Å². The second kappa shape index (κ2) is 3.87. The van der Waals surface area contributed by atoms with Crippen molar-refractivity contribution < 1.29 is 0 Å². The Balaban J connectivity index is 2.64. The number of hydrogen-bond donors (Lipinski definition) is 0. The molecule has 0 saturated carbocycles. The van der Waals surface area contributed by atoms with Crippen molar-refractivity contribution >= 4 is 27.5 Å². The quantitative estimate of drug-likeness (QED) is 0.792. The molecule has 0 saturated heterocycles. The molecule has 0 unspecified atom stereocenters. The Hall–Kier alpha value is -1.00. The maximum Gasteiger partial charge on any atom is 0.332 e. The van der Waals surface area contributed by atoms with E-state index in [-0.39, 0.29) is 5.69 Å². The van der Waals surface area contributed by atoms with Gasteiger partial charge in [-0.3, -0.25) is 4.57 Å². The summed E-state index contributed by atoms with van der Waals surface area (Å²) in [4.78, 5) is 11.7. The Bertz CT molecular complexity index is 559. The smallest absolute Gasteiger partial charge is 0.302 e. The van der Waals surface area contributed by atoms with Crippen LogP contribution in [0.5, 0.6) is 0 Å². The molecular weight excluding hydrogens is 279 g/mol. The van der Waals surface area contributed by atoms with E-state index in [9.17, 15) is 4.79 Å². The second-order valence-electron chi connectivity index (χ2n) is 3.16. The molecule has 1 aromatic heterocycles. The summed E-state index contributed by atoms with van der Waals surface area (Å²) in [7, 11) is 1.70. The van der Waals surface area contributed by atoms with Crippen molar-refractivity contribution in [2.45, 2.75) is 0 Å². The van der Waals surface area contributed by atoms with Crippen LogP contribution in [0.15, 0.2) is 39.9 Å². The number of nitrogens with zero attached hydrogens (tertiary/aromatic N) is 2. The molecule has 0 bridgehead atoms. The van der Waals surface area contributed by atoms with Gasteiger partial charge in [-0.2, -0.15) is 0 Å². The molecule has 3 nitrogen and oxygen atoms in total. The lowest BCUT2D eigenvalue weighted by atomic mass is 10.3. The third kappa shape index (κ3) is 1.87. The minimum Gasteiger partial charge on any atom is -0.302 e. The summed E-state index contributed by atoms with van der Waals surface area (Å²) in [5.74, 6) is 0. The fourth-order valence-electron chi connectivity index (χ4n) is 1.32. The lowest BCUT2D eigenvalue weighted by Crippen LogP contribution is -2.20. The molecular formula is C10H8BrClN2O. The molecule has 0 radical (unpaired) electrons. The summed E-state index contributed by atoms with van der Waals surface area (Å²) < 4.78 is 3.90. The first kappa shape index (κ1) is 10.5. The lowest BCUT2D eigenvalue weighted by molar-refractivity contribution is 0.824. The highest BCUT2D eigenvalue weighted by Gasteiger charge is 2.06. The summed E-state index contributed by atoms with van der Waals surface area (Å²) in [5, 5.41) is 0.540. The first-order valence-electron chi connectivity index (χ1n) is 4.29. The molecule has 0 N–H and O–H groups in total. The fourth-order valence-corrected chi connectivity index (χ4v) is 2.09. The van der Waals surface area contributed by atoms with Gasteiger partial charge in [-0.25, -0.2) is 4.79 Å². The molecule has 0 aliphatic heterocycles. The molecule has 0 spiro atoms. The number of imidazole rings is 1. The number of halogens is 2. The highest BCUT2D eigenvalue weighted by Crippen LogP contribution is 2.23. The van der Waals surface area contributed by atoms with Gasteiger partial charge >= 0.3 is 5.69 Å². The molecule has 0 atom stereocenters. The summed E-state index contributed by atoms with van der Waals surface area (Å²) >= 11 is 9.36. The van der Waals surface area contributed by atoms with Gasteiger partial charge < -0.3 is 4.57 Å². The first-order chi connectivity index (χ1) is 7.09. The summed E-state index contributed by atoms with van der Waals surface area (Å²) in [6, 6.07) is 5.41. The Morgan fingerprint density at radius 3 is 2.60 bits per heavy atom. The van der Waals surface area contributed by atoms with Gasteiger partial charge in [-0.15, -0.1) is 0 Å². The van der Waals surface area contributed by atoms with E-state index in [1.807, 2.05) is 6.07 Å². The van der Waals surface area contributed by atoms with Crippen LogP contribution in [0.2, 0.25) is 5.02 Å². The van der Waals surface area contributed by atoms with Gasteiger partial charge in [-0.05, 0) is 18.2 Å². The average molecular weight is 288 g/mol. The maximum atomic E-state index is 11.7. The zero-order chi connectivity index (χ0) is 11.0. The Morgan fingerprint density at radius 1 is 1.33 bits per heavy atom. The van der Waals surface area contributed by atoms with Gasteiger partial charge in [0.05, 0.1) is 10.7 Å². The van der Waals surface area contributed by atoms with Crippen LogP contribution < -0.4 is 5.69 Å². The van der Waals surface area contributed by atoms with Crippen molar-refractivity contribution in [1.29, 1.82) is 0 Å². The topological polar surface area (TPSA) is 26.9 Å². The number of rotatable bonds is 1. The SMILES string of the molecule is Cn1ccn(-c2ccc(Br)cc2Cl)c1=O. The Kier molecular flexibility index (Phi) is 2.71. The minimum absolute atomic E-state index is 0.112. The Labute approximate surface area is 100 Å². The molecule has 1 heterocycles. The standard InChI is InChI=1S/C10H8BrClN2O/c1-13-4-5-14(10(13)15)9-3-2-7(11)6-8(9)12/h2-6H,1H3. The number of aryl methyl sites for hydroxylation is 1. The summed E-state index contributed by atoms with van der Waals surface area (Å²) in [5.41, 5.74) is 0.574. The molecule has 2 rings (SSSR count). The van der Waals surface area contributed by atoms with Crippen LogP contribution in [-0.4, -0.2) is 9.13 Å². The predicted octanol–water partition coefficient (Wildman–Crippen LogP) is 2.59. The normalized spacial score (nSPS) is 10.6. The molecule has 15 heavy (non-hydrogen) atoms. The molecule has 0 amide bonds. The van der Waals surface area contributed by atoms with Crippen LogP contribution in [0.1, 0.15) is 0 Å². The van der Waals surface area contributed by atoms with Gasteiger partial charge in [0.25, 0.3) is 0 Å². The van der Waals surface area contributed by atoms with E-state index >= 15 is 0 Å². The molecule has 1 aromatic carbocycles. The van der Waals surface area contributed by atoms with Gasteiger partial charge in [0.2, 0.25) is 0 Å². The second-order valence-corrected chi connectivity index (χ2v) is 4.48. The van der Waals surface area contributed by atoms with Crippen LogP contribution in [0.25, 0.3) is 5.69 Å². The monoisotopic (exact) mass is 286 g/mol. The highest BCUT2D eigenvalue weighted by atomic mass is 79.9. The minimum atomic E-state index is -0.112.